The van der Waals surface area contributed by atoms with Crippen LogP contribution in [-0.4, -0.2) is 21.8 Å². The SMILES string of the molecule is CC(=O)Oc1ccc(C=Nn2c(C(C)(C)C)nc3ccc(Br)cc3c2=O)cc1Cl. The molecule has 150 valence electrons. The van der Waals surface area contributed by atoms with Gasteiger partial charge >= 0.3 is 5.97 Å². The summed E-state index contributed by atoms with van der Waals surface area (Å²) in [4.78, 5) is 28.9. The van der Waals surface area contributed by atoms with Gasteiger partial charge in [-0.2, -0.15) is 9.78 Å². The Morgan fingerprint density at radius 2 is 1.97 bits per heavy atom. The van der Waals surface area contributed by atoms with Gasteiger partial charge in [0.2, 0.25) is 0 Å². The van der Waals surface area contributed by atoms with Crippen molar-refractivity contribution in [1.82, 2.24) is 9.66 Å². The first-order valence-electron chi connectivity index (χ1n) is 8.81. The largest absolute Gasteiger partial charge is 0.425 e. The normalized spacial score (nSPS) is 11.9. The number of esters is 1. The summed E-state index contributed by atoms with van der Waals surface area (Å²) in [5, 5.41) is 5.13. The van der Waals surface area contributed by atoms with Gasteiger partial charge in [0.15, 0.2) is 0 Å². The van der Waals surface area contributed by atoms with Gasteiger partial charge in [-0.3, -0.25) is 9.59 Å². The van der Waals surface area contributed by atoms with Gasteiger partial charge in [-0.25, -0.2) is 4.98 Å². The van der Waals surface area contributed by atoms with E-state index in [9.17, 15) is 9.59 Å². The molecule has 0 saturated heterocycles. The predicted octanol–water partition coefficient (Wildman–Crippen LogP) is 4.92. The lowest BCUT2D eigenvalue weighted by molar-refractivity contribution is -0.131. The molecule has 1 heterocycles. The maximum absolute atomic E-state index is 13.1. The predicted molar refractivity (Wildman–Crippen MR) is 118 cm³/mol. The maximum Gasteiger partial charge on any atom is 0.308 e. The second-order valence-electron chi connectivity index (χ2n) is 7.49. The summed E-state index contributed by atoms with van der Waals surface area (Å²) in [5.41, 5.74) is 0.588. The van der Waals surface area contributed by atoms with Crippen LogP contribution in [0, 0.1) is 0 Å². The van der Waals surface area contributed by atoms with Gasteiger partial charge in [0.1, 0.15) is 11.6 Å². The molecule has 3 rings (SSSR count). The minimum absolute atomic E-state index is 0.264. The van der Waals surface area contributed by atoms with Crippen LogP contribution in [-0.2, 0) is 10.2 Å². The number of hydrogen-bond donors (Lipinski definition) is 0. The van der Waals surface area contributed by atoms with Crippen molar-refractivity contribution in [3.05, 3.63) is 67.6 Å². The topological polar surface area (TPSA) is 73.5 Å². The summed E-state index contributed by atoms with van der Waals surface area (Å²) in [6, 6.07) is 10.3. The summed E-state index contributed by atoms with van der Waals surface area (Å²) in [7, 11) is 0. The van der Waals surface area contributed by atoms with Crippen LogP contribution in [0.15, 0.2) is 50.8 Å². The molecule has 0 saturated carbocycles. The molecule has 0 fully saturated rings. The second-order valence-corrected chi connectivity index (χ2v) is 8.81. The molecule has 0 bridgehead atoms. The molecule has 0 amide bonds. The summed E-state index contributed by atoms with van der Waals surface area (Å²) >= 11 is 9.55. The van der Waals surface area contributed by atoms with Gasteiger partial charge in [0.25, 0.3) is 5.56 Å². The molecule has 0 aliphatic carbocycles. The van der Waals surface area contributed by atoms with Crippen LogP contribution in [0.4, 0.5) is 0 Å². The fourth-order valence-electron chi connectivity index (χ4n) is 2.70. The van der Waals surface area contributed by atoms with Gasteiger partial charge in [0.05, 0.1) is 22.1 Å². The van der Waals surface area contributed by atoms with Gasteiger partial charge < -0.3 is 4.74 Å². The van der Waals surface area contributed by atoms with Crippen LogP contribution < -0.4 is 10.3 Å². The minimum Gasteiger partial charge on any atom is -0.425 e. The van der Waals surface area contributed by atoms with Gasteiger partial charge in [-0.1, -0.05) is 48.3 Å². The van der Waals surface area contributed by atoms with Crippen LogP contribution in [0.2, 0.25) is 5.02 Å². The number of carbonyl (C=O) groups excluding carboxylic acids is 1. The van der Waals surface area contributed by atoms with Crippen molar-refractivity contribution < 1.29 is 9.53 Å². The average Bonchev–Trinajstić information content (AvgIpc) is 2.62. The zero-order valence-corrected chi connectivity index (χ0v) is 18.7. The number of fused-ring (bicyclic) bond motifs is 1. The van der Waals surface area contributed by atoms with Crippen molar-refractivity contribution >= 4 is 50.6 Å². The highest BCUT2D eigenvalue weighted by Gasteiger charge is 2.22. The minimum atomic E-state index is -0.455. The molecule has 0 spiro atoms. The fraction of sp³-hybridized carbons (Fsp3) is 0.238. The highest BCUT2D eigenvalue weighted by molar-refractivity contribution is 9.10. The summed E-state index contributed by atoms with van der Waals surface area (Å²) in [5.74, 6) is 0.348. The zero-order chi connectivity index (χ0) is 21.3. The van der Waals surface area contributed by atoms with E-state index in [0.29, 0.717) is 22.3 Å². The lowest BCUT2D eigenvalue weighted by atomic mass is 9.95. The standard InChI is InChI=1S/C21H19BrClN3O3/c1-12(27)29-18-8-5-13(9-16(18)23)11-24-26-19(28)15-10-14(22)6-7-17(15)25-20(26)21(2,3)4/h5-11H,1-4H3. The molecule has 2 aromatic carbocycles. The number of ether oxygens (including phenoxy) is 1. The number of hydrogen-bond acceptors (Lipinski definition) is 5. The van der Waals surface area contributed by atoms with Gasteiger partial charge in [-0.05, 0) is 42.0 Å². The van der Waals surface area contributed by atoms with E-state index in [0.717, 1.165) is 4.47 Å². The Morgan fingerprint density at radius 3 is 2.59 bits per heavy atom. The van der Waals surface area contributed by atoms with Crippen molar-refractivity contribution in [1.29, 1.82) is 0 Å². The van der Waals surface area contributed by atoms with Crippen LogP contribution in [0.1, 0.15) is 39.1 Å². The second kappa shape index (κ2) is 8.08. The zero-order valence-electron chi connectivity index (χ0n) is 16.4. The highest BCUT2D eigenvalue weighted by Crippen LogP contribution is 2.26. The van der Waals surface area contributed by atoms with E-state index in [1.165, 1.54) is 17.8 Å². The Morgan fingerprint density at radius 1 is 1.24 bits per heavy atom. The summed E-state index contributed by atoms with van der Waals surface area (Å²) in [6.07, 6.45) is 1.52. The molecular formula is C21H19BrClN3O3. The first-order valence-corrected chi connectivity index (χ1v) is 9.98. The first-order chi connectivity index (χ1) is 13.6. The van der Waals surface area contributed by atoms with E-state index >= 15 is 0 Å². The van der Waals surface area contributed by atoms with E-state index in [1.807, 2.05) is 26.8 Å². The van der Waals surface area contributed by atoms with E-state index in [-0.39, 0.29) is 16.3 Å². The van der Waals surface area contributed by atoms with Crippen molar-refractivity contribution in [2.45, 2.75) is 33.1 Å². The third-order valence-corrected chi connectivity index (χ3v) is 4.80. The van der Waals surface area contributed by atoms with Gasteiger partial charge in [0, 0.05) is 16.8 Å². The molecular weight excluding hydrogens is 458 g/mol. The molecule has 0 aliphatic heterocycles. The number of carbonyl (C=O) groups is 1. The third-order valence-electron chi connectivity index (χ3n) is 4.01. The van der Waals surface area contributed by atoms with Gasteiger partial charge in [-0.15, -0.1) is 0 Å². The molecule has 0 aliphatic rings. The van der Waals surface area contributed by atoms with Crippen molar-refractivity contribution in [2.24, 2.45) is 5.10 Å². The molecule has 0 unspecified atom stereocenters. The fourth-order valence-corrected chi connectivity index (χ4v) is 3.29. The monoisotopic (exact) mass is 475 g/mol. The molecule has 6 nitrogen and oxygen atoms in total. The van der Waals surface area contributed by atoms with Crippen LogP contribution >= 0.6 is 27.5 Å². The summed E-state index contributed by atoms with van der Waals surface area (Å²) in [6.45, 7) is 7.21. The Bertz CT molecular complexity index is 1200. The molecule has 1 aromatic heterocycles. The lowest BCUT2D eigenvalue weighted by Gasteiger charge is -2.20. The summed E-state index contributed by atoms with van der Waals surface area (Å²) < 4.78 is 7.12. The molecule has 0 radical (unpaired) electrons. The van der Waals surface area contributed by atoms with E-state index in [4.69, 9.17) is 16.3 Å². The Labute approximate surface area is 181 Å². The third kappa shape index (κ3) is 4.74. The Kier molecular flexibility index (Phi) is 5.91. The molecule has 3 aromatic rings. The lowest BCUT2D eigenvalue weighted by Crippen LogP contribution is -2.29. The molecule has 8 heteroatoms. The van der Waals surface area contributed by atoms with Crippen molar-refractivity contribution in [2.75, 3.05) is 0 Å². The number of nitrogens with zero attached hydrogens (tertiary/aromatic N) is 3. The van der Waals surface area contributed by atoms with Crippen LogP contribution in [0.25, 0.3) is 10.9 Å². The quantitative estimate of drug-likeness (QED) is 0.306. The molecule has 29 heavy (non-hydrogen) atoms. The Hall–Kier alpha value is -2.51. The Balaban J connectivity index is 2.11. The number of aromatic nitrogens is 2. The van der Waals surface area contributed by atoms with E-state index in [1.54, 1.807) is 30.3 Å². The maximum atomic E-state index is 13.1. The molecule has 0 N–H and O–H groups in total. The van der Waals surface area contributed by atoms with Crippen molar-refractivity contribution in [3.8, 4) is 5.75 Å². The number of benzene rings is 2. The number of rotatable bonds is 3. The van der Waals surface area contributed by atoms with E-state index < -0.39 is 11.4 Å². The van der Waals surface area contributed by atoms with E-state index in [2.05, 4.69) is 26.0 Å². The molecule has 0 atom stereocenters. The van der Waals surface area contributed by atoms with Crippen LogP contribution in [0.5, 0.6) is 5.75 Å². The average molecular weight is 477 g/mol. The highest BCUT2D eigenvalue weighted by atomic mass is 79.9. The van der Waals surface area contributed by atoms with Crippen LogP contribution in [0.3, 0.4) is 0 Å². The van der Waals surface area contributed by atoms with Crippen molar-refractivity contribution in [3.63, 3.8) is 0 Å². The number of halogens is 2. The first kappa shape index (κ1) is 21.2. The smallest absolute Gasteiger partial charge is 0.308 e.